The Hall–Kier alpha value is -1.03. The number of aromatic carboxylic acids is 1. The molecule has 21 heavy (non-hydrogen) atoms. The number of nitrogens with one attached hydrogen (secondary N) is 1. The van der Waals surface area contributed by atoms with Crippen LogP contribution < -0.4 is 4.72 Å². The summed E-state index contributed by atoms with van der Waals surface area (Å²) >= 11 is 11.9. The lowest BCUT2D eigenvalue weighted by molar-refractivity contribution is 0.0661. The van der Waals surface area contributed by atoms with E-state index >= 15 is 0 Å². The quantitative estimate of drug-likeness (QED) is 0.722. The molecule has 2 rings (SSSR count). The normalized spacial score (nSPS) is 11.4. The third kappa shape index (κ3) is 3.60. The monoisotopic (exact) mass is 457 g/mol. The highest BCUT2D eigenvalue weighted by Gasteiger charge is 2.25. The molecule has 0 amide bonds. The lowest BCUT2D eigenvalue weighted by Crippen LogP contribution is -2.12. The van der Waals surface area contributed by atoms with Crippen molar-refractivity contribution in [1.82, 2.24) is 0 Å². The number of halogens is 3. The van der Waals surface area contributed by atoms with Crippen molar-refractivity contribution in [3.63, 3.8) is 0 Å². The van der Waals surface area contributed by atoms with Crippen molar-refractivity contribution in [3.8, 4) is 0 Å². The third-order valence-corrected chi connectivity index (χ3v) is 5.80. The molecule has 0 spiro atoms. The smallest absolute Gasteiger partial charge is 0.371 e. The zero-order valence-corrected chi connectivity index (χ0v) is 14.7. The summed E-state index contributed by atoms with van der Waals surface area (Å²) in [7, 11) is -4.01. The first-order chi connectivity index (χ1) is 9.70. The maximum Gasteiger partial charge on any atom is 0.371 e. The van der Waals surface area contributed by atoms with Crippen LogP contribution >= 0.6 is 43.5 Å². The summed E-state index contributed by atoms with van der Waals surface area (Å²) in [4.78, 5) is 10.5. The van der Waals surface area contributed by atoms with Crippen molar-refractivity contribution in [1.29, 1.82) is 0 Å². The molecule has 112 valence electrons. The van der Waals surface area contributed by atoms with Gasteiger partial charge in [-0.25, -0.2) is 13.2 Å². The molecule has 0 bridgehead atoms. The molecule has 0 aliphatic rings. The first-order valence-electron chi connectivity index (χ1n) is 5.21. The summed E-state index contributed by atoms with van der Waals surface area (Å²) in [6.07, 6.45) is 0. The van der Waals surface area contributed by atoms with E-state index in [0.29, 0.717) is 9.50 Å². The zero-order chi connectivity index (χ0) is 15.8. The van der Waals surface area contributed by atoms with Crippen LogP contribution in [0.4, 0.5) is 5.69 Å². The number of rotatable bonds is 4. The van der Waals surface area contributed by atoms with E-state index in [1.807, 2.05) is 0 Å². The van der Waals surface area contributed by atoms with E-state index in [1.165, 1.54) is 12.1 Å². The second-order valence-corrected chi connectivity index (χ2v) is 7.42. The average Bonchev–Trinajstić information content (AvgIpc) is 2.77. The van der Waals surface area contributed by atoms with Gasteiger partial charge in [0, 0.05) is 10.5 Å². The van der Waals surface area contributed by atoms with Gasteiger partial charge in [-0.05, 0) is 50.1 Å². The molecule has 0 aliphatic carbocycles. The first-order valence-corrected chi connectivity index (χ1v) is 8.66. The molecule has 1 aromatic carbocycles. The Morgan fingerprint density at radius 3 is 2.48 bits per heavy atom. The van der Waals surface area contributed by atoms with Gasteiger partial charge in [0.05, 0.1) is 10.7 Å². The van der Waals surface area contributed by atoms with Gasteiger partial charge >= 0.3 is 5.97 Å². The van der Waals surface area contributed by atoms with E-state index in [1.54, 1.807) is 6.07 Å². The van der Waals surface area contributed by atoms with E-state index in [0.717, 1.165) is 6.07 Å². The molecule has 0 aliphatic heterocycles. The van der Waals surface area contributed by atoms with E-state index in [2.05, 4.69) is 36.6 Å². The van der Waals surface area contributed by atoms with Crippen LogP contribution in [0.1, 0.15) is 10.6 Å². The summed E-state index contributed by atoms with van der Waals surface area (Å²) in [5.41, 5.74) is 0.230. The second-order valence-electron chi connectivity index (χ2n) is 3.79. The van der Waals surface area contributed by atoms with Crippen LogP contribution in [0.2, 0.25) is 5.02 Å². The van der Waals surface area contributed by atoms with Crippen LogP contribution in [0.5, 0.6) is 0 Å². The van der Waals surface area contributed by atoms with Crippen molar-refractivity contribution in [3.05, 3.63) is 44.2 Å². The van der Waals surface area contributed by atoms with Gasteiger partial charge in [-0.3, -0.25) is 4.72 Å². The van der Waals surface area contributed by atoms with Crippen LogP contribution in [0, 0.1) is 0 Å². The standard InChI is InChI=1S/C11H6Br2ClNO5S/c12-6-2-1-5(3-7(6)14)15-21(18,19)9-4-8(11(16)17)20-10(9)13/h1-4,15H,(H,16,17). The van der Waals surface area contributed by atoms with Gasteiger partial charge < -0.3 is 9.52 Å². The average molecular weight is 459 g/mol. The van der Waals surface area contributed by atoms with Gasteiger partial charge in [0.2, 0.25) is 5.76 Å². The fourth-order valence-electron chi connectivity index (χ4n) is 1.41. The summed E-state index contributed by atoms with van der Waals surface area (Å²) in [6, 6.07) is 5.40. The fourth-order valence-corrected chi connectivity index (χ4v) is 3.83. The number of benzene rings is 1. The number of carbonyl (C=O) groups is 1. The van der Waals surface area contributed by atoms with E-state index < -0.39 is 21.8 Å². The van der Waals surface area contributed by atoms with Crippen molar-refractivity contribution in [2.45, 2.75) is 4.90 Å². The number of hydrogen-bond acceptors (Lipinski definition) is 4. The Bertz CT molecular complexity index is 818. The summed E-state index contributed by atoms with van der Waals surface area (Å²) in [6.45, 7) is 0. The summed E-state index contributed by atoms with van der Waals surface area (Å²) in [5, 5.41) is 9.12. The van der Waals surface area contributed by atoms with Gasteiger partial charge in [0.25, 0.3) is 10.0 Å². The molecule has 0 saturated heterocycles. The molecule has 0 atom stereocenters. The van der Waals surface area contributed by atoms with Crippen molar-refractivity contribution < 1.29 is 22.7 Å². The lowest BCUT2D eigenvalue weighted by Gasteiger charge is -2.07. The largest absolute Gasteiger partial charge is 0.475 e. The number of furan rings is 1. The SMILES string of the molecule is O=C(O)c1cc(S(=O)(=O)Nc2ccc(Br)c(Cl)c2)c(Br)o1. The molecule has 0 saturated carbocycles. The Balaban J connectivity index is 2.38. The Morgan fingerprint density at radius 2 is 1.95 bits per heavy atom. The maximum atomic E-state index is 12.2. The van der Waals surface area contributed by atoms with Gasteiger partial charge in [-0.2, -0.15) is 0 Å². The van der Waals surface area contributed by atoms with Crippen molar-refractivity contribution in [2.24, 2.45) is 0 Å². The fraction of sp³-hybridized carbons (Fsp3) is 0. The van der Waals surface area contributed by atoms with E-state index in [4.69, 9.17) is 21.1 Å². The van der Waals surface area contributed by atoms with Gasteiger partial charge in [0.1, 0.15) is 4.90 Å². The minimum absolute atomic E-state index is 0.199. The predicted molar refractivity (Wildman–Crippen MR) is 83.3 cm³/mol. The van der Waals surface area contributed by atoms with Crippen LogP contribution in [-0.2, 0) is 10.0 Å². The summed E-state index contributed by atoms with van der Waals surface area (Å²) < 4.78 is 31.9. The van der Waals surface area contributed by atoms with E-state index in [9.17, 15) is 13.2 Å². The molecular formula is C11H6Br2ClNO5S. The number of anilines is 1. The molecule has 6 nitrogen and oxygen atoms in total. The van der Waals surface area contributed by atoms with Gasteiger partial charge in [-0.1, -0.05) is 11.6 Å². The molecule has 0 unspecified atom stereocenters. The second kappa shape index (κ2) is 5.99. The molecule has 2 N–H and O–H groups in total. The molecular weight excluding hydrogens is 453 g/mol. The molecule has 0 fully saturated rings. The lowest BCUT2D eigenvalue weighted by atomic mass is 10.3. The third-order valence-electron chi connectivity index (χ3n) is 2.33. The topological polar surface area (TPSA) is 96.6 Å². The minimum atomic E-state index is -4.01. The highest BCUT2D eigenvalue weighted by molar-refractivity contribution is 9.10. The van der Waals surface area contributed by atoms with Gasteiger partial charge in [0.15, 0.2) is 4.67 Å². The zero-order valence-electron chi connectivity index (χ0n) is 9.93. The van der Waals surface area contributed by atoms with Crippen LogP contribution in [0.3, 0.4) is 0 Å². The highest BCUT2D eigenvalue weighted by atomic mass is 79.9. The first kappa shape index (κ1) is 16.3. The van der Waals surface area contributed by atoms with E-state index in [-0.39, 0.29) is 15.3 Å². The Kier molecular flexibility index (Phi) is 4.66. The van der Waals surface area contributed by atoms with Crippen LogP contribution in [0.25, 0.3) is 0 Å². The molecule has 2 aromatic rings. The molecule has 1 aromatic heterocycles. The number of hydrogen-bond donors (Lipinski definition) is 2. The minimum Gasteiger partial charge on any atom is -0.475 e. The molecule has 1 heterocycles. The molecule has 10 heteroatoms. The molecule has 0 radical (unpaired) electrons. The van der Waals surface area contributed by atoms with Crippen LogP contribution in [-0.4, -0.2) is 19.5 Å². The van der Waals surface area contributed by atoms with Gasteiger partial charge in [-0.15, -0.1) is 0 Å². The van der Waals surface area contributed by atoms with Crippen molar-refractivity contribution in [2.75, 3.05) is 4.72 Å². The summed E-state index contributed by atoms with van der Waals surface area (Å²) in [5.74, 6) is -1.86. The number of sulfonamides is 1. The number of carboxylic acid groups (broad SMARTS) is 1. The maximum absolute atomic E-state index is 12.2. The Labute approximate surface area is 141 Å². The predicted octanol–water partition coefficient (Wildman–Crippen LogP) is 3.96. The highest BCUT2D eigenvalue weighted by Crippen LogP contribution is 2.30. The number of carboxylic acids is 1. The Morgan fingerprint density at radius 1 is 1.29 bits per heavy atom. The van der Waals surface area contributed by atoms with Crippen molar-refractivity contribution >= 4 is 65.1 Å². The van der Waals surface area contributed by atoms with Crippen LogP contribution in [0.15, 0.2) is 42.7 Å².